The monoisotopic (exact) mass is 270 g/mol. The Bertz CT molecular complexity index is 478. The molecular weight excluding hydrogens is 254 g/mol. The molecule has 1 aromatic rings. The second-order valence-corrected chi connectivity index (χ2v) is 4.60. The minimum absolute atomic E-state index is 0.358. The first-order chi connectivity index (χ1) is 9.02. The quantitative estimate of drug-likeness (QED) is 0.775. The molecule has 1 aliphatic rings. The average Bonchev–Trinajstić information content (AvgIpc) is 2.44. The molecular formula is C13H16F2N2O2. The van der Waals surface area contributed by atoms with Crippen LogP contribution in [0, 0.1) is 0 Å². The third-order valence-corrected chi connectivity index (χ3v) is 3.04. The number of rotatable bonds is 4. The average molecular weight is 270 g/mol. The Hall–Kier alpha value is -1.69. The number of anilines is 1. The molecule has 0 saturated heterocycles. The van der Waals surface area contributed by atoms with Crippen molar-refractivity contribution in [2.75, 3.05) is 25.0 Å². The summed E-state index contributed by atoms with van der Waals surface area (Å²) in [5, 5.41) is 13.8. The van der Waals surface area contributed by atoms with Crippen LogP contribution < -0.4 is 10.6 Å². The van der Waals surface area contributed by atoms with Crippen LogP contribution in [-0.2, 0) is 6.42 Å². The van der Waals surface area contributed by atoms with E-state index < -0.39 is 25.0 Å². The molecule has 0 aliphatic carbocycles. The lowest BCUT2D eigenvalue weighted by Crippen LogP contribution is -2.39. The fraction of sp³-hybridized carbons (Fsp3) is 0.462. The number of hydrogen-bond acceptors (Lipinski definition) is 3. The maximum Gasteiger partial charge on any atom is 0.287 e. The highest BCUT2D eigenvalue weighted by molar-refractivity contribution is 5.95. The summed E-state index contributed by atoms with van der Waals surface area (Å²) < 4.78 is 25.7. The van der Waals surface area contributed by atoms with Crippen molar-refractivity contribution >= 4 is 11.6 Å². The first kappa shape index (κ1) is 13.7. The molecule has 0 atom stereocenters. The van der Waals surface area contributed by atoms with Crippen LogP contribution in [0.2, 0.25) is 0 Å². The van der Waals surface area contributed by atoms with Gasteiger partial charge in [-0.2, -0.15) is 0 Å². The zero-order valence-electron chi connectivity index (χ0n) is 10.4. The summed E-state index contributed by atoms with van der Waals surface area (Å²) >= 11 is 0. The van der Waals surface area contributed by atoms with Gasteiger partial charge in [-0.3, -0.25) is 4.79 Å². The van der Waals surface area contributed by atoms with Gasteiger partial charge in [0.25, 0.3) is 11.8 Å². The van der Waals surface area contributed by atoms with Crippen molar-refractivity contribution in [3.05, 3.63) is 29.3 Å². The van der Waals surface area contributed by atoms with Crippen LogP contribution in [0.25, 0.3) is 0 Å². The summed E-state index contributed by atoms with van der Waals surface area (Å²) in [7, 11) is 0. The highest BCUT2D eigenvalue weighted by Crippen LogP contribution is 2.23. The summed E-state index contributed by atoms with van der Waals surface area (Å²) in [6.45, 7) is -1.24. The number of nitrogens with one attached hydrogen (secondary N) is 2. The lowest BCUT2D eigenvalue weighted by atomic mass is 10.0. The molecule has 6 heteroatoms. The number of carbonyl (C=O) groups is 1. The van der Waals surface area contributed by atoms with E-state index in [0.29, 0.717) is 5.56 Å². The Morgan fingerprint density at radius 3 is 3.00 bits per heavy atom. The molecule has 0 spiro atoms. The van der Waals surface area contributed by atoms with E-state index >= 15 is 0 Å². The van der Waals surface area contributed by atoms with Gasteiger partial charge >= 0.3 is 0 Å². The van der Waals surface area contributed by atoms with Gasteiger partial charge in [-0.05, 0) is 36.6 Å². The Kier molecular flexibility index (Phi) is 3.99. The van der Waals surface area contributed by atoms with E-state index in [0.717, 1.165) is 30.6 Å². The van der Waals surface area contributed by atoms with Crippen molar-refractivity contribution in [3.63, 3.8) is 0 Å². The molecule has 2 rings (SSSR count). The zero-order valence-corrected chi connectivity index (χ0v) is 10.4. The summed E-state index contributed by atoms with van der Waals surface area (Å²) in [4.78, 5) is 11.7. The van der Waals surface area contributed by atoms with E-state index in [-0.39, 0.29) is 0 Å². The number of benzene rings is 1. The summed E-state index contributed by atoms with van der Waals surface area (Å²) in [6.07, 6.45) is 1.86. The number of carbonyl (C=O) groups excluding carboxylic acids is 1. The minimum Gasteiger partial charge on any atom is -0.390 e. The normalized spacial score (nSPS) is 14.5. The second-order valence-electron chi connectivity index (χ2n) is 4.60. The van der Waals surface area contributed by atoms with Gasteiger partial charge < -0.3 is 15.7 Å². The number of aliphatic hydroxyl groups is 1. The smallest absolute Gasteiger partial charge is 0.287 e. The second kappa shape index (κ2) is 5.52. The van der Waals surface area contributed by atoms with Crippen molar-refractivity contribution < 1.29 is 18.7 Å². The molecule has 0 bridgehead atoms. The summed E-state index contributed by atoms with van der Waals surface area (Å²) in [5.41, 5.74) is 2.37. The van der Waals surface area contributed by atoms with Crippen LogP contribution in [0.4, 0.5) is 14.5 Å². The van der Waals surface area contributed by atoms with Gasteiger partial charge in [0.1, 0.15) is 6.61 Å². The van der Waals surface area contributed by atoms with Crippen molar-refractivity contribution in [2.24, 2.45) is 0 Å². The Morgan fingerprint density at radius 1 is 1.47 bits per heavy atom. The zero-order chi connectivity index (χ0) is 13.9. The van der Waals surface area contributed by atoms with Gasteiger partial charge in [0.05, 0.1) is 6.54 Å². The molecule has 104 valence electrons. The maximum atomic E-state index is 12.8. The third kappa shape index (κ3) is 3.41. The van der Waals surface area contributed by atoms with E-state index in [1.54, 1.807) is 18.2 Å². The topological polar surface area (TPSA) is 61.4 Å². The fourth-order valence-electron chi connectivity index (χ4n) is 1.98. The number of hydrogen-bond donors (Lipinski definition) is 3. The Balaban J connectivity index is 2.03. The molecule has 0 radical (unpaired) electrons. The molecule has 0 aromatic heterocycles. The molecule has 1 aliphatic heterocycles. The lowest BCUT2D eigenvalue weighted by Gasteiger charge is -2.19. The number of fused-ring (bicyclic) bond motifs is 1. The Labute approximate surface area is 109 Å². The van der Waals surface area contributed by atoms with Crippen molar-refractivity contribution in [1.82, 2.24) is 5.32 Å². The van der Waals surface area contributed by atoms with Crippen LogP contribution >= 0.6 is 0 Å². The van der Waals surface area contributed by atoms with Crippen LogP contribution in [0.1, 0.15) is 22.3 Å². The molecule has 4 nitrogen and oxygen atoms in total. The molecule has 0 fully saturated rings. The van der Waals surface area contributed by atoms with Gasteiger partial charge in [0.2, 0.25) is 0 Å². The number of amides is 1. The first-order valence-electron chi connectivity index (χ1n) is 6.15. The molecule has 1 aromatic carbocycles. The minimum atomic E-state index is -3.29. The predicted molar refractivity (Wildman–Crippen MR) is 67.6 cm³/mol. The van der Waals surface area contributed by atoms with Gasteiger partial charge in [0, 0.05) is 17.8 Å². The fourth-order valence-corrected chi connectivity index (χ4v) is 1.98. The number of aliphatic hydroxyl groups excluding tert-OH is 1. The standard InChI is InChI=1S/C13H16F2N2O2/c14-13(15,8-18)7-17-12(19)10-3-4-11-9(6-10)2-1-5-16-11/h3-4,6,16,18H,1-2,5,7-8H2,(H,17,19). The molecule has 1 heterocycles. The molecule has 3 N–H and O–H groups in total. The van der Waals surface area contributed by atoms with E-state index in [4.69, 9.17) is 5.11 Å². The Morgan fingerprint density at radius 2 is 2.26 bits per heavy atom. The number of aryl methyl sites for hydroxylation is 1. The summed E-state index contributed by atoms with van der Waals surface area (Å²) in [5.74, 6) is -3.84. The van der Waals surface area contributed by atoms with Crippen LogP contribution in [0.5, 0.6) is 0 Å². The number of alkyl halides is 2. The van der Waals surface area contributed by atoms with Gasteiger partial charge in [0.15, 0.2) is 0 Å². The first-order valence-corrected chi connectivity index (χ1v) is 6.15. The number of halogens is 2. The maximum absolute atomic E-state index is 12.8. The van der Waals surface area contributed by atoms with Gasteiger partial charge in [-0.25, -0.2) is 8.78 Å². The van der Waals surface area contributed by atoms with E-state index in [2.05, 4.69) is 10.6 Å². The SMILES string of the molecule is O=C(NCC(F)(F)CO)c1ccc2c(c1)CCCN2. The van der Waals surface area contributed by atoms with Gasteiger partial charge in [-0.1, -0.05) is 0 Å². The predicted octanol–water partition coefficient (Wildman–Crippen LogP) is 1.40. The molecule has 0 unspecified atom stereocenters. The molecule has 0 saturated carbocycles. The van der Waals surface area contributed by atoms with Gasteiger partial charge in [-0.15, -0.1) is 0 Å². The lowest BCUT2D eigenvalue weighted by molar-refractivity contribution is -0.0462. The van der Waals surface area contributed by atoms with Crippen LogP contribution in [0.3, 0.4) is 0 Å². The van der Waals surface area contributed by atoms with Crippen molar-refractivity contribution in [3.8, 4) is 0 Å². The largest absolute Gasteiger partial charge is 0.390 e. The van der Waals surface area contributed by atoms with Crippen LogP contribution in [-0.4, -0.2) is 36.6 Å². The molecule has 1 amide bonds. The molecule has 19 heavy (non-hydrogen) atoms. The van der Waals surface area contributed by atoms with Crippen molar-refractivity contribution in [2.45, 2.75) is 18.8 Å². The summed E-state index contributed by atoms with van der Waals surface area (Å²) in [6, 6.07) is 5.10. The van der Waals surface area contributed by atoms with Crippen LogP contribution in [0.15, 0.2) is 18.2 Å². The third-order valence-electron chi connectivity index (χ3n) is 3.04. The van der Waals surface area contributed by atoms with Crippen molar-refractivity contribution in [1.29, 1.82) is 0 Å². The van der Waals surface area contributed by atoms with E-state index in [9.17, 15) is 13.6 Å². The van der Waals surface area contributed by atoms with E-state index in [1.807, 2.05) is 0 Å². The highest BCUT2D eigenvalue weighted by Gasteiger charge is 2.28. The van der Waals surface area contributed by atoms with E-state index in [1.165, 1.54) is 0 Å². The highest BCUT2D eigenvalue weighted by atomic mass is 19.3.